The molecular formula is C20H35N3. The van der Waals surface area contributed by atoms with Gasteiger partial charge in [0.1, 0.15) is 0 Å². The van der Waals surface area contributed by atoms with Crippen molar-refractivity contribution in [1.29, 1.82) is 0 Å². The predicted octanol–water partition coefficient (Wildman–Crippen LogP) is 4.54. The molecule has 0 bridgehead atoms. The Morgan fingerprint density at radius 2 is 1.87 bits per heavy atom. The molecule has 0 aromatic rings. The minimum atomic E-state index is 0.549. The van der Waals surface area contributed by atoms with Gasteiger partial charge in [-0.05, 0) is 45.1 Å². The summed E-state index contributed by atoms with van der Waals surface area (Å²) >= 11 is 0. The second-order valence-electron chi connectivity index (χ2n) is 6.26. The molecule has 0 spiro atoms. The van der Waals surface area contributed by atoms with Crippen LogP contribution in [0.3, 0.4) is 0 Å². The van der Waals surface area contributed by atoms with Gasteiger partial charge in [-0.25, -0.2) is 0 Å². The molecule has 23 heavy (non-hydrogen) atoms. The summed E-state index contributed by atoms with van der Waals surface area (Å²) in [6, 6.07) is 0. The van der Waals surface area contributed by atoms with Crippen molar-refractivity contribution in [2.75, 3.05) is 26.2 Å². The molecule has 1 heterocycles. The largest absolute Gasteiger partial charge is 0.372 e. The Balaban J connectivity index is 3.28. The lowest BCUT2D eigenvalue weighted by atomic mass is 9.87. The van der Waals surface area contributed by atoms with Crippen LogP contribution in [-0.4, -0.2) is 36.8 Å². The predicted molar refractivity (Wildman–Crippen MR) is 103 cm³/mol. The van der Waals surface area contributed by atoms with Crippen LogP contribution in [-0.2, 0) is 0 Å². The van der Waals surface area contributed by atoms with Crippen LogP contribution in [0.1, 0.15) is 54.4 Å². The first-order valence-corrected chi connectivity index (χ1v) is 9.09. The minimum Gasteiger partial charge on any atom is -0.372 e. The lowest BCUT2D eigenvalue weighted by Crippen LogP contribution is -2.43. The highest BCUT2D eigenvalue weighted by molar-refractivity contribution is 6.03. The maximum atomic E-state index is 4.71. The molecule has 1 unspecified atom stereocenters. The van der Waals surface area contributed by atoms with Crippen LogP contribution in [0.15, 0.2) is 40.2 Å². The van der Waals surface area contributed by atoms with E-state index in [-0.39, 0.29) is 0 Å². The SMILES string of the molecule is C\C=C(C(/C(C)=N/C=C/CC)=C(/C)N1CCNCC1)\C(C)CC. The highest BCUT2D eigenvalue weighted by Gasteiger charge is 2.20. The molecule has 1 aliphatic heterocycles. The molecule has 1 N–H and O–H groups in total. The molecule has 0 aliphatic carbocycles. The van der Waals surface area contributed by atoms with Crippen LogP contribution in [0.2, 0.25) is 0 Å². The Morgan fingerprint density at radius 1 is 1.22 bits per heavy atom. The Morgan fingerprint density at radius 3 is 2.39 bits per heavy atom. The second-order valence-corrected chi connectivity index (χ2v) is 6.26. The van der Waals surface area contributed by atoms with Gasteiger partial charge in [-0.1, -0.05) is 32.9 Å². The quantitative estimate of drug-likeness (QED) is 0.551. The third kappa shape index (κ3) is 5.65. The van der Waals surface area contributed by atoms with Gasteiger partial charge in [-0.3, -0.25) is 4.99 Å². The van der Waals surface area contributed by atoms with Crippen molar-refractivity contribution < 1.29 is 0 Å². The number of aliphatic imine (C=N–C) groups is 1. The van der Waals surface area contributed by atoms with Gasteiger partial charge in [0.15, 0.2) is 0 Å². The number of nitrogens with zero attached hydrogens (tertiary/aromatic N) is 2. The van der Waals surface area contributed by atoms with E-state index in [2.05, 4.69) is 63.9 Å². The van der Waals surface area contributed by atoms with E-state index in [1.165, 1.54) is 16.8 Å². The molecule has 0 radical (unpaired) electrons. The summed E-state index contributed by atoms with van der Waals surface area (Å²) in [6.45, 7) is 17.5. The number of allylic oxidation sites excluding steroid dienone is 5. The van der Waals surface area contributed by atoms with Crippen LogP contribution in [0.5, 0.6) is 0 Å². The van der Waals surface area contributed by atoms with Gasteiger partial charge in [0.2, 0.25) is 0 Å². The molecule has 0 aromatic carbocycles. The van der Waals surface area contributed by atoms with E-state index >= 15 is 0 Å². The molecule has 3 nitrogen and oxygen atoms in total. The lowest BCUT2D eigenvalue weighted by Gasteiger charge is -2.33. The standard InChI is InChI=1S/C20H35N3/c1-7-10-11-22-17(5)20(19(9-3)16(4)8-2)18(6)23-14-12-21-13-15-23/h9-11,16,21H,7-8,12-15H2,1-6H3/b11-10+,19-9-,20-18-,22-17+. The third-order valence-electron chi connectivity index (χ3n) is 4.67. The first-order valence-electron chi connectivity index (χ1n) is 9.09. The van der Waals surface area contributed by atoms with Gasteiger partial charge in [0.25, 0.3) is 0 Å². The van der Waals surface area contributed by atoms with Crippen molar-refractivity contribution >= 4 is 5.71 Å². The van der Waals surface area contributed by atoms with Crippen LogP contribution in [0.4, 0.5) is 0 Å². The normalized spacial score (nSPS) is 20.0. The van der Waals surface area contributed by atoms with Crippen molar-refractivity contribution in [2.45, 2.75) is 54.4 Å². The molecule has 130 valence electrons. The maximum absolute atomic E-state index is 4.71. The molecule has 0 amide bonds. The number of rotatable bonds is 7. The molecule has 0 aromatic heterocycles. The summed E-state index contributed by atoms with van der Waals surface area (Å²) < 4.78 is 0. The van der Waals surface area contributed by atoms with E-state index in [1.807, 2.05) is 6.20 Å². The maximum Gasteiger partial charge on any atom is 0.0464 e. The fourth-order valence-electron chi connectivity index (χ4n) is 3.07. The Kier molecular flexibility index (Phi) is 8.93. The van der Waals surface area contributed by atoms with Crippen molar-refractivity contribution in [2.24, 2.45) is 10.9 Å². The fraction of sp³-hybridized carbons (Fsp3) is 0.650. The van der Waals surface area contributed by atoms with Gasteiger partial charge in [0, 0.05) is 49.4 Å². The summed E-state index contributed by atoms with van der Waals surface area (Å²) in [7, 11) is 0. The number of hydrogen-bond donors (Lipinski definition) is 1. The topological polar surface area (TPSA) is 27.6 Å². The van der Waals surface area contributed by atoms with Crippen LogP contribution < -0.4 is 5.32 Å². The first-order chi connectivity index (χ1) is 11.1. The van der Waals surface area contributed by atoms with E-state index in [9.17, 15) is 0 Å². The second kappa shape index (κ2) is 10.4. The Labute approximate surface area is 143 Å². The highest BCUT2D eigenvalue weighted by atomic mass is 15.2. The molecule has 3 heteroatoms. The average Bonchev–Trinajstić information content (AvgIpc) is 2.59. The van der Waals surface area contributed by atoms with Crippen molar-refractivity contribution in [3.05, 3.63) is 35.2 Å². The summed E-state index contributed by atoms with van der Waals surface area (Å²) in [5.74, 6) is 0.549. The molecule has 1 fully saturated rings. The van der Waals surface area contributed by atoms with Gasteiger partial charge < -0.3 is 10.2 Å². The zero-order chi connectivity index (χ0) is 17.2. The highest BCUT2D eigenvalue weighted by Crippen LogP contribution is 2.28. The van der Waals surface area contributed by atoms with Gasteiger partial charge >= 0.3 is 0 Å². The molecule has 1 atom stereocenters. The zero-order valence-corrected chi connectivity index (χ0v) is 15.9. The zero-order valence-electron chi connectivity index (χ0n) is 15.9. The van der Waals surface area contributed by atoms with E-state index < -0.39 is 0 Å². The number of nitrogens with one attached hydrogen (secondary N) is 1. The molecule has 1 rings (SSSR count). The molecule has 0 saturated carbocycles. The monoisotopic (exact) mass is 317 g/mol. The molecular weight excluding hydrogens is 282 g/mol. The van der Waals surface area contributed by atoms with E-state index in [0.29, 0.717) is 5.92 Å². The summed E-state index contributed by atoms with van der Waals surface area (Å²) in [6.07, 6.45) is 8.51. The summed E-state index contributed by atoms with van der Waals surface area (Å²) in [5, 5.41) is 3.44. The van der Waals surface area contributed by atoms with Crippen LogP contribution >= 0.6 is 0 Å². The van der Waals surface area contributed by atoms with E-state index in [0.717, 1.165) is 44.7 Å². The van der Waals surface area contributed by atoms with Gasteiger partial charge in [-0.2, -0.15) is 0 Å². The summed E-state index contributed by atoms with van der Waals surface area (Å²) in [5.41, 5.74) is 5.25. The number of hydrogen-bond acceptors (Lipinski definition) is 3. The minimum absolute atomic E-state index is 0.549. The lowest BCUT2D eigenvalue weighted by molar-refractivity contribution is 0.298. The number of piperazine rings is 1. The van der Waals surface area contributed by atoms with E-state index in [4.69, 9.17) is 4.99 Å². The molecule has 1 aliphatic rings. The van der Waals surface area contributed by atoms with Crippen LogP contribution in [0.25, 0.3) is 0 Å². The van der Waals surface area contributed by atoms with E-state index in [1.54, 1.807) is 0 Å². The smallest absolute Gasteiger partial charge is 0.0464 e. The van der Waals surface area contributed by atoms with Crippen LogP contribution in [0, 0.1) is 5.92 Å². The molecule has 1 saturated heterocycles. The van der Waals surface area contributed by atoms with Crippen molar-refractivity contribution in [1.82, 2.24) is 10.2 Å². The van der Waals surface area contributed by atoms with Gasteiger partial charge in [-0.15, -0.1) is 0 Å². The average molecular weight is 318 g/mol. The van der Waals surface area contributed by atoms with Gasteiger partial charge in [0.05, 0.1) is 0 Å². The Bertz CT molecular complexity index is 477. The van der Waals surface area contributed by atoms with Crippen molar-refractivity contribution in [3.8, 4) is 0 Å². The fourth-order valence-corrected chi connectivity index (χ4v) is 3.07. The first kappa shape index (κ1) is 19.7. The van der Waals surface area contributed by atoms with Crippen molar-refractivity contribution in [3.63, 3.8) is 0 Å². The Hall–Kier alpha value is -1.35. The third-order valence-corrected chi connectivity index (χ3v) is 4.67. The summed E-state index contributed by atoms with van der Waals surface area (Å²) in [4.78, 5) is 7.21.